The molecule has 0 saturated carbocycles. The van der Waals surface area contributed by atoms with Gasteiger partial charge in [-0.15, -0.1) is 11.8 Å². The van der Waals surface area contributed by atoms with Crippen LogP contribution in [0, 0.1) is 17.8 Å². The zero-order valence-corrected chi connectivity index (χ0v) is 23.9. The molecule has 2 saturated heterocycles. The van der Waals surface area contributed by atoms with E-state index in [0.717, 1.165) is 5.69 Å². The molecule has 4 aliphatic rings. The van der Waals surface area contributed by atoms with Crippen LogP contribution < -0.4 is 4.90 Å². The lowest BCUT2D eigenvalue weighted by Crippen LogP contribution is -2.60. The van der Waals surface area contributed by atoms with Crippen LogP contribution in [0.25, 0.3) is 0 Å². The topological polar surface area (TPSA) is 81.2 Å². The Bertz CT molecular complexity index is 1190. The molecule has 0 bridgehead atoms. The van der Waals surface area contributed by atoms with Gasteiger partial charge in [-0.1, -0.05) is 56.4 Å². The summed E-state index contributed by atoms with van der Waals surface area (Å²) >= 11 is 1.58. The van der Waals surface area contributed by atoms with Gasteiger partial charge < -0.3 is 19.8 Å². The molecule has 1 spiro atoms. The fraction of sp³-hybridized carbons (Fsp3) is 0.567. The lowest BCUT2D eigenvalue weighted by Gasteiger charge is -2.43. The van der Waals surface area contributed by atoms with Crippen molar-refractivity contribution < 1.29 is 19.5 Å². The average Bonchev–Trinajstić information content (AvgIpc) is 3.10. The van der Waals surface area contributed by atoms with Crippen LogP contribution in [0.3, 0.4) is 0 Å². The van der Waals surface area contributed by atoms with Crippen LogP contribution in [-0.2, 0) is 14.4 Å². The van der Waals surface area contributed by atoms with Crippen LogP contribution in [0.1, 0.15) is 41.5 Å². The first-order chi connectivity index (χ1) is 17.9. The number of aliphatic hydroxyl groups is 1. The van der Waals surface area contributed by atoms with Gasteiger partial charge in [-0.05, 0) is 45.7 Å². The molecule has 0 aliphatic carbocycles. The lowest BCUT2D eigenvalue weighted by molar-refractivity contribution is -0.149. The number of aliphatic hydroxyl groups excluding tert-OH is 1. The van der Waals surface area contributed by atoms with E-state index in [4.69, 9.17) is 0 Å². The number of para-hydroxylation sites is 1. The molecule has 6 atom stereocenters. The third-order valence-corrected chi connectivity index (χ3v) is 10.5. The Morgan fingerprint density at radius 1 is 0.974 bits per heavy atom. The Hall–Kier alpha value is -2.58. The second-order valence-electron chi connectivity index (χ2n) is 12.4. The summed E-state index contributed by atoms with van der Waals surface area (Å²) in [4.78, 5) is 48.6. The standard InChI is InChI=1S/C30H39N3O4S/c1-19(2)21(18-34)33-24-27(37)32(28(3,4)5)17-11-15-30(24)23(26(33)36)22-25(35)31(20-12-8-7-9-13-20)16-10-14-29(22,6)38-30/h7-15,19,21-24,34H,16-18H2,1-6H3/t21-,22+,23-,24?,29-,30-/m0/s1. The maximum absolute atomic E-state index is 14.6. The second-order valence-corrected chi connectivity index (χ2v) is 14.2. The highest BCUT2D eigenvalue weighted by Gasteiger charge is 2.74. The van der Waals surface area contributed by atoms with E-state index in [1.807, 2.05) is 95.0 Å². The van der Waals surface area contributed by atoms with Crippen molar-refractivity contribution in [1.29, 1.82) is 0 Å². The van der Waals surface area contributed by atoms with E-state index in [-0.39, 0.29) is 30.2 Å². The van der Waals surface area contributed by atoms with E-state index in [1.165, 1.54) is 0 Å². The summed E-state index contributed by atoms with van der Waals surface area (Å²) in [6.07, 6.45) is 8.13. The summed E-state index contributed by atoms with van der Waals surface area (Å²) in [6.45, 7) is 12.6. The molecule has 2 fully saturated rings. The van der Waals surface area contributed by atoms with Crippen LogP contribution in [0.5, 0.6) is 0 Å². The van der Waals surface area contributed by atoms with Crippen LogP contribution in [0.15, 0.2) is 54.6 Å². The van der Waals surface area contributed by atoms with Crippen molar-refractivity contribution in [3.8, 4) is 0 Å². The molecule has 4 aliphatic heterocycles. The second kappa shape index (κ2) is 9.26. The predicted octanol–water partition coefficient (Wildman–Crippen LogP) is 3.49. The number of amides is 3. The summed E-state index contributed by atoms with van der Waals surface area (Å²) in [5, 5.41) is 10.4. The molecule has 3 amide bonds. The number of benzene rings is 1. The number of fused-ring (bicyclic) bond motifs is 2. The van der Waals surface area contributed by atoms with E-state index in [0.29, 0.717) is 13.1 Å². The zero-order chi connectivity index (χ0) is 27.6. The number of anilines is 1. The Morgan fingerprint density at radius 2 is 1.63 bits per heavy atom. The minimum absolute atomic E-state index is 0.0649. The van der Waals surface area contributed by atoms with Crippen molar-refractivity contribution in [2.75, 3.05) is 24.6 Å². The van der Waals surface area contributed by atoms with Gasteiger partial charge in [-0.3, -0.25) is 14.4 Å². The maximum Gasteiger partial charge on any atom is 0.247 e. The molecule has 8 heteroatoms. The normalized spacial score (nSPS) is 33.8. The Balaban J connectivity index is 1.69. The zero-order valence-electron chi connectivity index (χ0n) is 23.1. The quantitative estimate of drug-likeness (QED) is 0.595. The van der Waals surface area contributed by atoms with Gasteiger partial charge >= 0.3 is 0 Å². The molecular weight excluding hydrogens is 498 g/mol. The van der Waals surface area contributed by atoms with E-state index in [9.17, 15) is 19.5 Å². The van der Waals surface area contributed by atoms with E-state index >= 15 is 0 Å². The number of carbonyl (C=O) groups is 3. The van der Waals surface area contributed by atoms with Crippen LogP contribution >= 0.6 is 11.8 Å². The first-order valence-corrected chi connectivity index (χ1v) is 14.4. The number of hydrogen-bond donors (Lipinski definition) is 1. The molecule has 204 valence electrons. The molecule has 38 heavy (non-hydrogen) atoms. The minimum Gasteiger partial charge on any atom is -0.394 e. The third kappa shape index (κ3) is 3.86. The highest BCUT2D eigenvalue weighted by atomic mass is 32.2. The Labute approximate surface area is 229 Å². The molecule has 1 aromatic rings. The van der Waals surface area contributed by atoms with Gasteiger partial charge in [0.2, 0.25) is 17.7 Å². The van der Waals surface area contributed by atoms with Crippen molar-refractivity contribution in [1.82, 2.24) is 9.80 Å². The molecule has 0 aromatic heterocycles. The summed E-state index contributed by atoms with van der Waals surface area (Å²) in [6, 6.07) is 8.21. The van der Waals surface area contributed by atoms with E-state index < -0.39 is 39.0 Å². The number of carbonyl (C=O) groups excluding carboxylic acids is 3. The highest BCUT2D eigenvalue weighted by molar-refractivity contribution is 8.02. The largest absolute Gasteiger partial charge is 0.394 e. The summed E-state index contributed by atoms with van der Waals surface area (Å²) in [5.74, 6) is -1.89. The molecule has 5 rings (SSSR count). The fourth-order valence-electron chi connectivity index (χ4n) is 6.88. The number of thioether (sulfide) groups is 1. The number of nitrogens with zero attached hydrogens (tertiary/aromatic N) is 3. The molecule has 1 aromatic carbocycles. The molecule has 0 radical (unpaired) electrons. The van der Waals surface area contributed by atoms with Crippen LogP contribution in [0.2, 0.25) is 0 Å². The van der Waals surface area contributed by atoms with Crippen LogP contribution in [-0.4, -0.2) is 79.4 Å². The van der Waals surface area contributed by atoms with Gasteiger partial charge in [0.15, 0.2) is 0 Å². The molecule has 1 N–H and O–H groups in total. The van der Waals surface area contributed by atoms with Gasteiger partial charge in [0.25, 0.3) is 0 Å². The summed E-state index contributed by atoms with van der Waals surface area (Å²) in [5.41, 5.74) is 0.335. The number of rotatable bonds is 4. The molecule has 1 unspecified atom stereocenters. The molecular formula is C30H39N3O4S. The molecule has 7 nitrogen and oxygen atoms in total. The summed E-state index contributed by atoms with van der Waals surface area (Å²) in [7, 11) is 0. The highest BCUT2D eigenvalue weighted by Crippen LogP contribution is 2.66. The monoisotopic (exact) mass is 537 g/mol. The van der Waals surface area contributed by atoms with Gasteiger partial charge in [-0.2, -0.15) is 0 Å². The van der Waals surface area contributed by atoms with Crippen molar-refractivity contribution in [2.45, 2.75) is 68.7 Å². The Kier molecular flexibility index (Phi) is 6.58. The summed E-state index contributed by atoms with van der Waals surface area (Å²) < 4.78 is -1.59. The van der Waals surface area contributed by atoms with E-state index in [2.05, 4.69) is 6.08 Å². The first kappa shape index (κ1) is 27.0. The van der Waals surface area contributed by atoms with Crippen molar-refractivity contribution in [3.63, 3.8) is 0 Å². The Morgan fingerprint density at radius 3 is 2.24 bits per heavy atom. The number of hydrogen-bond acceptors (Lipinski definition) is 5. The minimum atomic E-state index is -0.921. The molecule has 4 heterocycles. The van der Waals surface area contributed by atoms with Crippen molar-refractivity contribution in [2.24, 2.45) is 17.8 Å². The van der Waals surface area contributed by atoms with Crippen LogP contribution in [0.4, 0.5) is 5.69 Å². The number of likely N-dealkylation sites (tertiary alicyclic amines) is 1. The predicted molar refractivity (Wildman–Crippen MR) is 151 cm³/mol. The van der Waals surface area contributed by atoms with Gasteiger partial charge in [0, 0.05) is 29.1 Å². The van der Waals surface area contributed by atoms with Gasteiger partial charge in [0.05, 0.1) is 29.2 Å². The first-order valence-electron chi connectivity index (χ1n) is 13.5. The lowest BCUT2D eigenvalue weighted by atomic mass is 9.74. The third-order valence-electron chi connectivity index (χ3n) is 8.69. The maximum atomic E-state index is 14.6. The van der Waals surface area contributed by atoms with Gasteiger partial charge in [-0.25, -0.2) is 0 Å². The van der Waals surface area contributed by atoms with Crippen molar-refractivity contribution in [3.05, 3.63) is 54.6 Å². The average molecular weight is 538 g/mol. The van der Waals surface area contributed by atoms with Gasteiger partial charge in [0.1, 0.15) is 6.04 Å². The SMILES string of the molecule is CC(C)[C@H](CO)N1C(=O)[C@@H]2[C@@H]3C(=O)N(c4ccccc4)CC=C[C@]3(C)S[C@@]23C=CCN(C(C)(C)C)C(=O)C13. The smallest absolute Gasteiger partial charge is 0.247 e. The van der Waals surface area contributed by atoms with E-state index in [1.54, 1.807) is 21.6 Å². The fourth-order valence-corrected chi connectivity index (χ4v) is 9.03. The van der Waals surface area contributed by atoms with Crippen molar-refractivity contribution >= 4 is 35.2 Å².